The van der Waals surface area contributed by atoms with Crippen molar-refractivity contribution in [3.8, 4) is 23.0 Å². The molecule has 2 aromatic carbocycles. The molecule has 2 N–H and O–H groups in total. The number of carbonyl (C=O) groups excluding carboxylic acids is 4. The number of rotatable bonds is 0. The van der Waals surface area contributed by atoms with Crippen molar-refractivity contribution in [1.29, 1.82) is 0 Å². The number of carbonyl (C=O) groups is 4. The van der Waals surface area contributed by atoms with Crippen molar-refractivity contribution in [2.24, 2.45) is 0 Å². The molecule has 0 aliphatic carbocycles. The molecular formula is C28H28O12. The minimum absolute atomic E-state index is 0.0158. The molecule has 4 aliphatic rings. The van der Waals surface area contributed by atoms with E-state index in [1.54, 1.807) is 41.5 Å². The van der Waals surface area contributed by atoms with Crippen molar-refractivity contribution < 1.29 is 57.8 Å². The van der Waals surface area contributed by atoms with E-state index in [2.05, 4.69) is 0 Å². The number of aromatic hydroxyl groups is 2. The van der Waals surface area contributed by atoms with Gasteiger partial charge in [0.15, 0.2) is 0 Å². The normalized spacial score (nSPS) is 23.1. The second kappa shape index (κ2) is 9.04. The third kappa shape index (κ3) is 4.63. The molecule has 0 spiro atoms. The standard InChI is InChI=1S/2C14H14O6/c2*1-6-4-7-10(12(16)18-6)8(15)5-9-11(7)13(17)20-14(2,3)19-9/h2*5-6,15H,4H2,1-3H3/t2*6-/m11/s1. The van der Waals surface area contributed by atoms with E-state index in [-0.39, 0.29) is 57.5 Å². The topological polar surface area (TPSA) is 164 Å². The Labute approximate surface area is 228 Å². The number of phenolic OH excluding ortho intramolecular Hbond substituents is 2. The molecule has 2 aromatic rings. The van der Waals surface area contributed by atoms with Crippen molar-refractivity contribution in [2.75, 3.05) is 0 Å². The Hall–Kier alpha value is -4.48. The first kappa shape index (κ1) is 27.1. The quantitative estimate of drug-likeness (QED) is 0.359. The number of phenols is 2. The summed E-state index contributed by atoms with van der Waals surface area (Å²) in [6.45, 7) is 9.83. The van der Waals surface area contributed by atoms with Gasteiger partial charge in [-0.05, 0) is 25.0 Å². The zero-order valence-electron chi connectivity index (χ0n) is 22.7. The monoisotopic (exact) mass is 556 g/mol. The highest BCUT2D eigenvalue weighted by Gasteiger charge is 2.42. The van der Waals surface area contributed by atoms with Gasteiger partial charge in [0, 0.05) is 52.7 Å². The van der Waals surface area contributed by atoms with Crippen LogP contribution in [-0.4, -0.2) is 57.9 Å². The molecule has 6 rings (SSSR count). The number of cyclic esters (lactones) is 4. The van der Waals surface area contributed by atoms with Gasteiger partial charge in [0.05, 0.1) is 0 Å². The van der Waals surface area contributed by atoms with Gasteiger partial charge in [0.25, 0.3) is 0 Å². The molecule has 40 heavy (non-hydrogen) atoms. The van der Waals surface area contributed by atoms with Crippen molar-refractivity contribution in [3.63, 3.8) is 0 Å². The zero-order chi connectivity index (χ0) is 29.3. The van der Waals surface area contributed by atoms with Gasteiger partial charge in [0.2, 0.25) is 11.6 Å². The third-order valence-electron chi connectivity index (χ3n) is 6.55. The second-order valence-electron chi connectivity index (χ2n) is 10.9. The predicted molar refractivity (Wildman–Crippen MR) is 134 cm³/mol. The number of ether oxygens (including phenoxy) is 6. The fourth-order valence-electron chi connectivity index (χ4n) is 5.13. The van der Waals surface area contributed by atoms with E-state index in [0.29, 0.717) is 24.0 Å². The van der Waals surface area contributed by atoms with Gasteiger partial charge in [-0.25, -0.2) is 19.2 Å². The van der Waals surface area contributed by atoms with Crippen molar-refractivity contribution >= 4 is 23.9 Å². The molecule has 0 aromatic heterocycles. The maximum Gasteiger partial charge on any atom is 0.345 e. The van der Waals surface area contributed by atoms with Gasteiger partial charge in [0.1, 0.15) is 57.5 Å². The molecule has 12 heteroatoms. The maximum atomic E-state index is 12.2. The van der Waals surface area contributed by atoms with E-state index >= 15 is 0 Å². The van der Waals surface area contributed by atoms with E-state index in [1.165, 1.54) is 12.1 Å². The summed E-state index contributed by atoms with van der Waals surface area (Å²) in [6.07, 6.45) is -0.0832. The molecule has 4 heterocycles. The molecule has 0 saturated carbocycles. The average molecular weight is 557 g/mol. The summed E-state index contributed by atoms with van der Waals surface area (Å²) in [5, 5.41) is 20.0. The molecular weight excluding hydrogens is 528 g/mol. The number of benzene rings is 2. The fourth-order valence-corrected chi connectivity index (χ4v) is 5.13. The van der Waals surface area contributed by atoms with Crippen LogP contribution in [0.5, 0.6) is 23.0 Å². The molecule has 0 bridgehead atoms. The summed E-state index contributed by atoms with van der Waals surface area (Å²) in [5.41, 5.74) is 1.26. The molecule has 212 valence electrons. The first-order valence-electron chi connectivity index (χ1n) is 12.6. The Kier molecular flexibility index (Phi) is 6.12. The SMILES string of the molecule is C[C@@H]1Cc2c(c(O)cc3c2C(=O)OC(C)(C)O3)C(=O)O1.C[C@@H]1Cc2c(c(O)cc3c2C(=O)OC(C)(C)O3)C(=O)O1. The Morgan fingerprint density at radius 2 is 0.950 bits per heavy atom. The summed E-state index contributed by atoms with van der Waals surface area (Å²) in [4.78, 5) is 48.0. The van der Waals surface area contributed by atoms with Crippen LogP contribution in [0, 0.1) is 0 Å². The molecule has 2 atom stereocenters. The summed E-state index contributed by atoms with van der Waals surface area (Å²) >= 11 is 0. The molecule has 12 nitrogen and oxygen atoms in total. The highest BCUT2D eigenvalue weighted by atomic mass is 16.7. The second-order valence-corrected chi connectivity index (χ2v) is 10.9. The Morgan fingerprint density at radius 3 is 1.30 bits per heavy atom. The van der Waals surface area contributed by atoms with Crippen LogP contribution in [0.2, 0.25) is 0 Å². The van der Waals surface area contributed by atoms with E-state index in [9.17, 15) is 29.4 Å². The Morgan fingerprint density at radius 1 is 0.600 bits per heavy atom. The van der Waals surface area contributed by atoms with Crippen LogP contribution in [0.15, 0.2) is 12.1 Å². The van der Waals surface area contributed by atoms with Crippen LogP contribution in [0.25, 0.3) is 0 Å². The predicted octanol–water partition coefficient (Wildman–Crippen LogP) is 3.56. The van der Waals surface area contributed by atoms with Gasteiger partial charge >= 0.3 is 23.9 Å². The minimum atomic E-state index is -1.11. The number of hydrogen-bond acceptors (Lipinski definition) is 12. The van der Waals surface area contributed by atoms with Gasteiger partial charge < -0.3 is 38.6 Å². The highest BCUT2D eigenvalue weighted by molar-refractivity contribution is 6.04. The summed E-state index contributed by atoms with van der Waals surface area (Å²) in [6, 6.07) is 2.52. The summed E-state index contributed by atoms with van der Waals surface area (Å²) < 4.78 is 31.6. The van der Waals surface area contributed by atoms with Crippen molar-refractivity contribution in [1.82, 2.24) is 0 Å². The van der Waals surface area contributed by atoms with Crippen molar-refractivity contribution in [2.45, 2.75) is 78.2 Å². The minimum Gasteiger partial charge on any atom is -0.507 e. The van der Waals surface area contributed by atoms with Crippen LogP contribution in [0.4, 0.5) is 0 Å². The molecule has 0 unspecified atom stereocenters. The van der Waals surface area contributed by atoms with E-state index in [0.717, 1.165) is 0 Å². The van der Waals surface area contributed by atoms with E-state index in [4.69, 9.17) is 28.4 Å². The van der Waals surface area contributed by atoms with Crippen LogP contribution >= 0.6 is 0 Å². The van der Waals surface area contributed by atoms with Crippen LogP contribution in [0.3, 0.4) is 0 Å². The summed E-state index contributed by atoms with van der Waals surface area (Å²) in [5.74, 6) is -4.66. The Balaban J connectivity index is 0.000000161. The van der Waals surface area contributed by atoms with Crippen molar-refractivity contribution in [3.05, 3.63) is 45.5 Å². The molecule has 0 fully saturated rings. The van der Waals surface area contributed by atoms with Gasteiger partial charge in [-0.2, -0.15) is 0 Å². The van der Waals surface area contributed by atoms with Gasteiger partial charge in [-0.3, -0.25) is 0 Å². The number of esters is 4. The molecule has 0 saturated heterocycles. The third-order valence-corrected chi connectivity index (χ3v) is 6.55. The van der Waals surface area contributed by atoms with Gasteiger partial charge in [-0.15, -0.1) is 0 Å². The fraction of sp³-hybridized carbons (Fsp3) is 0.429. The van der Waals surface area contributed by atoms with E-state index in [1.807, 2.05) is 0 Å². The van der Waals surface area contributed by atoms with Crippen LogP contribution in [0.1, 0.15) is 94.1 Å². The van der Waals surface area contributed by atoms with Crippen LogP contribution < -0.4 is 9.47 Å². The molecule has 0 radical (unpaired) electrons. The van der Waals surface area contributed by atoms with Crippen LogP contribution in [-0.2, 0) is 31.8 Å². The first-order chi connectivity index (χ1) is 18.6. The Bertz CT molecular complexity index is 1370. The smallest absolute Gasteiger partial charge is 0.345 e. The number of fused-ring (bicyclic) bond motifs is 6. The lowest BCUT2D eigenvalue weighted by atomic mass is 9.92. The summed E-state index contributed by atoms with van der Waals surface area (Å²) in [7, 11) is 0. The lowest BCUT2D eigenvalue weighted by molar-refractivity contribution is -0.128. The average Bonchev–Trinajstić information content (AvgIpc) is 2.75. The maximum absolute atomic E-state index is 12.2. The number of hydrogen-bond donors (Lipinski definition) is 2. The zero-order valence-corrected chi connectivity index (χ0v) is 22.7. The lowest BCUT2D eigenvalue weighted by Crippen LogP contribution is -2.40. The molecule has 4 aliphatic heterocycles. The van der Waals surface area contributed by atoms with E-state index < -0.39 is 35.5 Å². The largest absolute Gasteiger partial charge is 0.507 e. The lowest BCUT2D eigenvalue weighted by Gasteiger charge is -2.34. The highest BCUT2D eigenvalue weighted by Crippen LogP contribution is 2.43. The van der Waals surface area contributed by atoms with Gasteiger partial charge in [-0.1, -0.05) is 0 Å². The molecule has 0 amide bonds. The first-order valence-corrected chi connectivity index (χ1v) is 12.6.